The number of nitrogens with zero attached hydrogens (tertiary/aromatic N) is 1. The van der Waals surface area contributed by atoms with Crippen LogP contribution in [0.25, 0.3) is 11.0 Å². The minimum absolute atomic E-state index is 0.0202. The molecule has 26 heavy (non-hydrogen) atoms. The summed E-state index contributed by atoms with van der Waals surface area (Å²) in [5, 5.41) is 0.816. The first-order valence-electron chi connectivity index (χ1n) is 8.60. The van der Waals surface area contributed by atoms with Crippen molar-refractivity contribution in [3.8, 4) is 5.75 Å². The van der Waals surface area contributed by atoms with E-state index < -0.39 is 5.63 Å². The van der Waals surface area contributed by atoms with Crippen LogP contribution < -0.4 is 10.4 Å². The Labute approximate surface area is 154 Å². The van der Waals surface area contributed by atoms with Crippen molar-refractivity contribution in [1.29, 1.82) is 0 Å². The number of benzene rings is 1. The van der Waals surface area contributed by atoms with Crippen molar-refractivity contribution in [2.24, 2.45) is 0 Å². The number of ether oxygens (including phenoxy) is 1. The van der Waals surface area contributed by atoms with Crippen LogP contribution in [0.3, 0.4) is 0 Å². The molecule has 3 aromatic rings. The number of aryl methyl sites for hydroxylation is 1. The van der Waals surface area contributed by atoms with E-state index in [1.807, 2.05) is 11.0 Å². The van der Waals surface area contributed by atoms with Gasteiger partial charge in [0.1, 0.15) is 11.3 Å². The first kappa shape index (κ1) is 16.8. The standard InChI is InChI=1S/C20H19NO4S/c1-13-2-8-17(26-13)11-21(15-5-6-15)19(22)12-24-16-7-3-14-4-9-20(23)25-18(14)10-16/h2-4,7-10,15H,5-6,11-12H2,1H3. The Morgan fingerprint density at radius 2 is 2.04 bits per heavy atom. The fourth-order valence-electron chi connectivity index (χ4n) is 2.90. The van der Waals surface area contributed by atoms with Crippen LogP contribution >= 0.6 is 11.3 Å². The van der Waals surface area contributed by atoms with Crippen molar-refractivity contribution in [1.82, 2.24) is 4.90 Å². The van der Waals surface area contributed by atoms with E-state index in [4.69, 9.17) is 9.15 Å². The summed E-state index contributed by atoms with van der Waals surface area (Å²) in [4.78, 5) is 28.3. The molecule has 0 saturated heterocycles. The number of hydrogen-bond acceptors (Lipinski definition) is 5. The van der Waals surface area contributed by atoms with Gasteiger partial charge in [0.25, 0.3) is 5.91 Å². The molecular formula is C20H19NO4S. The van der Waals surface area contributed by atoms with E-state index >= 15 is 0 Å². The first-order chi connectivity index (χ1) is 12.6. The molecule has 1 aliphatic rings. The Kier molecular flexibility index (Phi) is 4.51. The monoisotopic (exact) mass is 369 g/mol. The van der Waals surface area contributed by atoms with E-state index in [-0.39, 0.29) is 12.5 Å². The summed E-state index contributed by atoms with van der Waals surface area (Å²) < 4.78 is 10.8. The van der Waals surface area contributed by atoms with Gasteiger partial charge in [0, 0.05) is 33.3 Å². The Hall–Kier alpha value is -2.60. The van der Waals surface area contributed by atoms with Crippen molar-refractivity contribution in [3.05, 3.63) is 62.6 Å². The first-order valence-corrected chi connectivity index (χ1v) is 9.42. The van der Waals surface area contributed by atoms with Crippen molar-refractivity contribution >= 4 is 28.2 Å². The van der Waals surface area contributed by atoms with E-state index in [9.17, 15) is 9.59 Å². The van der Waals surface area contributed by atoms with E-state index in [0.717, 1.165) is 18.2 Å². The van der Waals surface area contributed by atoms with E-state index in [1.54, 1.807) is 29.5 Å². The van der Waals surface area contributed by atoms with E-state index in [2.05, 4.69) is 19.1 Å². The van der Waals surface area contributed by atoms with Crippen molar-refractivity contribution in [2.75, 3.05) is 6.61 Å². The molecule has 0 N–H and O–H groups in total. The van der Waals surface area contributed by atoms with Gasteiger partial charge in [0.2, 0.25) is 0 Å². The van der Waals surface area contributed by atoms with Gasteiger partial charge >= 0.3 is 5.63 Å². The predicted molar refractivity (Wildman–Crippen MR) is 101 cm³/mol. The second-order valence-corrected chi connectivity index (χ2v) is 7.88. The molecule has 1 amide bonds. The Bertz CT molecular complexity index is 1000. The average Bonchev–Trinajstić information content (AvgIpc) is 3.39. The molecule has 6 heteroatoms. The maximum atomic E-state index is 12.7. The maximum absolute atomic E-state index is 12.7. The molecule has 0 aliphatic heterocycles. The van der Waals surface area contributed by atoms with Gasteiger partial charge < -0.3 is 14.1 Å². The molecule has 1 aliphatic carbocycles. The summed E-state index contributed by atoms with van der Waals surface area (Å²) >= 11 is 1.72. The Morgan fingerprint density at radius 3 is 2.77 bits per heavy atom. The molecule has 5 nitrogen and oxygen atoms in total. The summed E-state index contributed by atoms with van der Waals surface area (Å²) in [6.07, 6.45) is 2.11. The van der Waals surface area contributed by atoms with Crippen LogP contribution in [0.15, 0.2) is 51.7 Å². The number of hydrogen-bond donors (Lipinski definition) is 0. The summed E-state index contributed by atoms with van der Waals surface area (Å²) in [5.74, 6) is 0.496. The van der Waals surface area contributed by atoms with Gasteiger partial charge in [-0.05, 0) is 50.1 Å². The normalized spacial score (nSPS) is 13.7. The highest BCUT2D eigenvalue weighted by Gasteiger charge is 2.32. The molecule has 4 rings (SSSR count). The topological polar surface area (TPSA) is 59.8 Å². The molecule has 134 valence electrons. The van der Waals surface area contributed by atoms with Crippen LogP contribution in [-0.2, 0) is 11.3 Å². The van der Waals surface area contributed by atoms with Crippen molar-refractivity contribution < 1.29 is 13.9 Å². The molecule has 2 aromatic heterocycles. The fourth-order valence-corrected chi connectivity index (χ4v) is 3.79. The van der Waals surface area contributed by atoms with Crippen molar-refractivity contribution in [2.45, 2.75) is 32.4 Å². The summed E-state index contributed by atoms with van der Waals surface area (Å²) in [5.41, 5.74) is 0.0486. The third-order valence-corrected chi connectivity index (χ3v) is 5.37. The minimum Gasteiger partial charge on any atom is -0.484 e. The second-order valence-electron chi connectivity index (χ2n) is 6.51. The number of amides is 1. The summed E-state index contributed by atoms with van der Waals surface area (Å²) in [6.45, 7) is 2.68. The van der Waals surface area contributed by atoms with Crippen LogP contribution in [0.5, 0.6) is 5.75 Å². The molecule has 1 fully saturated rings. The number of rotatable bonds is 6. The van der Waals surface area contributed by atoms with E-state index in [1.165, 1.54) is 15.8 Å². The molecular weight excluding hydrogens is 350 g/mol. The van der Waals surface area contributed by atoms with Gasteiger partial charge in [0.05, 0.1) is 6.54 Å². The minimum atomic E-state index is -0.406. The fraction of sp³-hybridized carbons (Fsp3) is 0.300. The largest absolute Gasteiger partial charge is 0.484 e. The van der Waals surface area contributed by atoms with Gasteiger partial charge in [-0.15, -0.1) is 11.3 Å². The molecule has 1 aromatic carbocycles. The Balaban J connectivity index is 1.44. The lowest BCUT2D eigenvalue weighted by Crippen LogP contribution is -2.36. The predicted octanol–water partition coefficient (Wildman–Crippen LogP) is 3.73. The number of carbonyl (C=O) groups excluding carboxylic acids is 1. The van der Waals surface area contributed by atoms with Gasteiger partial charge in [-0.1, -0.05) is 0 Å². The average molecular weight is 369 g/mol. The zero-order valence-electron chi connectivity index (χ0n) is 14.4. The highest BCUT2D eigenvalue weighted by molar-refractivity contribution is 7.11. The lowest BCUT2D eigenvalue weighted by atomic mass is 10.2. The van der Waals surface area contributed by atoms with Gasteiger partial charge in [-0.2, -0.15) is 0 Å². The van der Waals surface area contributed by atoms with E-state index in [0.29, 0.717) is 23.9 Å². The second kappa shape index (κ2) is 6.96. The lowest BCUT2D eigenvalue weighted by Gasteiger charge is -2.22. The molecule has 0 bridgehead atoms. The zero-order valence-corrected chi connectivity index (χ0v) is 15.3. The number of fused-ring (bicyclic) bond motifs is 1. The molecule has 1 saturated carbocycles. The zero-order chi connectivity index (χ0) is 18.1. The summed E-state index contributed by atoms with van der Waals surface area (Å²) in [6, 6.07) is 12.8. The molecule has 0 radical (unpaired) electrons. The van der Waals surface area contributed by atoms with Gasteiger partial charge in [-0.3, -0.25) is 4.79 Å². The van der Waals surface area contributed by atoms with Crippen LogP contribution in [0, 0.1) is 6.92 Å². The highest BCUT2D eigenvalue weighted by atomic mass is 32.1. The van der Waals surface area contributed by atoms with Crippen LogP contribution in [0.2, 0.25) is 0 Å². The maximum Gasteiger partial charge on any atom is 0.336 e. The SMILES string of the molecule is Cc1ccc(CN(C(=O)COc2ccc3ccc(=O)oc3c2)C2CC2)s1. The van der Waals surface area contributed by atoms with Crippen LogP contribution in [0.1, 0.15) is 22.6 Å². The van der Waals surface area contributed by atoms with Crippen LogP contribution in [0.4, 0.5) is 0 Å². The highest BCUT2D eigenvalue weighted by Crippen LogP contribution is 2.30. The van der Waals surface area contributed by atoms with Crippen LogP contribution in [-0.4, -0.2) is 23.5 Å². The quantitative estimate of drug-likeness (QED) is 0.621. The third-order valence-electron chi connectivity index (χ3n) is 4.39. The van der Waals surface area contributed by atoms with Gasteiger partial charge in [-0.25, -0.2) is 4.79 Å². The summed E-state index contributed by atoms with van der Waals surface area (Å²) in [7, 11) is 0. The van der Waals surface area contributed by atoms with Crippen molar-refractivity contribution in [3.63, 3.8) is 0 Å². The molecule has 0 spiro atoms. The Morgan fingerprint density at radius 1 is 1.23 bits per heavy atom. The molecule has 0 unspecified atom stereocenters. The molecule has 0 atom stereocenters. The number of carbonyl (C=O) groups is 1. The van der Waals surface area contributed by atoms with Gasteiger partial charge in [0.15, 0.2) is 6.61 Å². The lowest BCUT2D eigenvalue weighted by molar-refractivity contribution is -0.134. The third kappa shape index (κ3) is 3.80. The molecule has 2 heterocycles. The number of thiophene rings is 1. The smallest absolute Gasteiger partial charge is 0.336 e.